The lowest BCUT2D eigenvalue weighted by molar-refractivity contribution is 0.0893. The molecule has 0 aliphatic carbocycles. The summed E-state index contributed by atoms with van der Waals surface area (Å²) in [6.07, 6.45) is 0. The molecule has 0 bridgehead atoms. The molecular weight excluding hydrogens is 152 g/mol. The van der Waals surface area contributed by atoms with E-state index < -0.39 is 5.41 Å². The Labute approximate surface area is 65.1 Å². The van der Waals surface area contributed by atoms with Gasteiger partial charge in [-0.1, -0.05) is 6.92 Å². The number of hydrogen-bond acceptors (Lipinski definition) is 4. The summed E-state index contributed by atoms with van der Waals surface area (Å²) in [6, 6.07) is 0. The summed E-state index contributed by atoms with van der Waals surface area (Å²) in [6.45, 7) is 1.68. The van der Waals surface area contributed by atoms with Crippen LogP contribution < -0.4 is 0 Å². The Morgan fingerprint density at radius 2 is 1.70 bits per heavy atom. The zero-order chi connectivity index (χ0) is 8.04. The molecular formula is C6H14O3S. The van der Waals surface area contributed by atoms with Crippen molar-refractivity contribution < 1.29 is 15.3 Å². The highest BCUT2D eigenvalue weighted by Gasteiger charge is 2.21. The lowest BCUT2D eigenvalue weighted by atomic mass is 9.96. The van der Waals surface area contributed by atoms with Crippen molar-refractivity contribution >= 4 is 11.8 Å². The van der Waals surface area contributed by atoms with Crippen LogP contribution in [0.1, 0.15) is 6.92 Å². The maximum absolute atomic E-state index is 8.76. The minimum Gasteiger partial charge on any atom is -0.396 e. The molecule has 62 valence electrons. The first-order chi connectivity index (χ1) is 4.68. The Bertz CT molecular complexity index is 83.1. The molecule has 0 atom stereocenters. The minimum atomic E-state index is -0.451. The molecule has 0 aliphatic heterocycles. The maximum Gasteiger partial charge on any atom is 0.0886 e. The van der Waals surface area contributed by atoms with E-state index in [0.717, 1.165) is 0 Å². The average molecular weight is 166 g/mol. The molecule has 3 N–H and O–H groups in total. The first-order valence-electron chi connectivity index (χ1n) is 3.09. The van der Waals surface area contributed by atoms with Gasteiger partial charge in [0.1, 0.15) is 0 Å². The van der Waals surface area contributed by atoms with Gasteiger partial charge in [0.05, 0.1) is 19.2 Å². The van der Waals surface area contributed by atoms with Gasteiger partial charge in [-0.3, -0.25) is 0 Å². The highest BCUT2D eigenvalue weighted by atomic mass is 32.2. The van der Waals surface area contributed by atoms with Crippen LogP contribution in [-0.4, -0.2) is 40.2 Å². The summed E-state index contributed by atoms with van der Waals surface area (Å²) in [5, 5.41) is 25.9. The van der Waals surface area contributed by atoms with Crippen LogP contribution in [0.4, 0.5) is 0 Å². The molecule has 0 saturated heterocycles. The Balaban J connectivity index is 3.58. The fourth-order valence-corrected chi connectivity index (χ4v) is 1.20. The third-order valence-corrected chi connectivity index (χ3v) is 2.39. The van der Waals surface area contributed by atoms with Gasteiger partial charge in [0.25, 0.3) is 0 Å². The van der Waals surface area contributed by atoms with E-state index in [1.54, 1.807) is 6.92 Å². The summed E-state index contributed by atoms with van der Waals surface area (Å²) in [4.78, 5) is 0. The summed E-state index contributed by atoms with van der Waals surface area (Å²) in [7, 11) is 0. The Kier molecular flexibility index (Phi) is 5.07. The van der Waals surface area contributed by atoms with Crippen molar-refractivity contribution in [1.29, 1.82) is 0 Å². The molecule has 0 saturated carbocycles. The van der Waals surface area contributed by atoms with Crippen LogP contribution >= 0.6 is 11.8 Å². The first-order valence-corrected chi connectivity index (χ1v) is 4.24. The molecule has 0 aromatic heterocycles. The second-order valence-corrected chi connectivity index (χ2v) is 3.56. The standard InChI is InChI=1S/C6H14O3S/c1-6(2-7,3-8)4-10-5-9/h7-9H,2-5H2,1H3. The monoisotopic (exact) mass is 166 g/mol. The SMILES string of the molecule is CC(CO)(CO)CSCO. The van der Waals surface area contributed by atoms with Gasteiger partial charge in [-0.15, -0.1) is 11.8 Å². The van der Waals surface area contributed by atoms with Crippen LogP contribution in [0.3, 0.4) is 0 Å². The predicted octanol–water partition coefficient (Wildman–Crippen LogP) is -0.340. The van der Waals surface area contributed by atoms with Crippen molar-refractivity contribution in [3.8, 4) is 0 Å². The highest BCUT2D eigenvalue weighted by Crippen LogP contribution is 2.20. The van der Waals surface area contributed by atoms with Gasteiger partial charge in [-0.25, -0.2) is 0 Å². The molecule has 0 spiro atoms. The van der Waals surface area contributed by atoms with E-state index in [1.807, 2.05) is 0 Å². The topological polar surface area (TPSA) is 60.7 Å². The molecule has 0 aromatic rings. The Morgan fingerprint density at radius 3 is 2.00 bits per heavy atom. The van der Waals surface area contributed by atoms with Crippen LogP contribution in [0.15, 0.2) is 0 Å². The molecule has 0 fully saturated rings. The fourth-order valence-electron chi connectivity index (χ4n) is 0.433. The van der Waals surface area contributed by atoms with Gasteiger partial charge in [0.15, 0.2) is 0 Å². The molecule has 0 amide bonds. The van der Waals surface area contributed by atoms with Gasteiger partial charge in [-0.05, 0) is 0 Å². The molecule has 3 nitrogen and oxygen atoms in total. The molecule has 0 aromatic carbocycles. The van der Waals surface area contributed by atoms with E-state index in [4.69, 9.17) is 15.3 Å². The van der Waals surface area contributed by atoms with E-state index in [1.165, 1.54) is 11.8 Å². The molecule has 0 rings (SSSR count). The number of hydrogen-bond donors (Lipinski definition) is 3. The van der Waals surface area contributed by atoms with Crippen LogP contribution in [-0.2, 0) is 0 Å². The van der Waals surface area contributed by atoms with Crippen molar-refractivity contribution in [2.24, 2.45) is 5.41 Å². The number of aliphatic hydroxyl groups is 3. The molecule has 4 heteroatoms. The third-order valence-electron chi connectivity index (χ3n) is 1.31. The molecule has 10 heavy (non-hydrogen) atoms. The second-order valence-electron chi connectivity index (χ2n) is 2.60. The van der Waals surface area contributed by atoms with E-state index in [-0.39, 0.29) is 19.2 Å². The largest absolute Gasteiger partial charge is 0.396 e. The van der Waals surface area contributed by atoms with Crippen LogP contribution in [0.5, 0.6) is 0 Å². The number of thioether (sulfide) groups is 1. The van der Waals surface area contributed by atoms with Crippen LogP contribution in [0.25, 0.3) is 0 Å². The lowest BCUT2D eigenvalue weighted by Crippen LogP contribution is -2.28. The van der Waals surface area contributed by atoms with Gasteiger partial charge in [-0.2, -0.15) is 0 Å². The van der Waals surface area contributed by atoms with E-state index in [0.29, 0.717) is 5.75 Å². The minimum absolute atomic E-state index is 0.0373. The van der Waals surface area contributed by atoms with Crippen molar-refractivity contribution in [2.45, 2.75) is 6.92 Å². The second kappa shape index (κ2) is 4.96. The summed E-state index contributed by atoms with van der Waals surface area (Å²) >= 11 is 1.30. The van der Waals surface area contributed by atoms with E-state index >= 15 is 0 Å². The smallest absolute Gasteiger partial charge is 0.0886 e. The van der Waals surface area contributed by atoms with E-state index in [9.17, 15) is 0 Å². The average Bonchev–Trinajstić information content (AvgIpc) is 2.00. The summed E-state index contributed by atoms with van der Waals surface area (Å²) in [5.41, 5.74) is -0.451. The lowest BCUT2D eigenvalue weighted by Gasteiger charge is -2.23. The Hall–Kier alpha value is 0.230. The van der Waals surface area contributed by atoms with Crippen molar-refractivity contribution in [2.75, 3.05) is 24.9 Å². The third kappa shape index (κ3) is 3.41. The first kappa shape index (κ1) is 10.2. The van der Waals surface area contributed by atoms with Gasteiger partial charge < -0.3 is 15.3 Å². The molecule has 0 radical (unpaired) electrons. The summed E-state index contributed by atoms with van der Waals surface area (Å²) in [5.74, 6) is 0.617. The Morgan fingerprint density at radius 1 is 1.20 bits per heavy atom. The van der Waals surface area contributed by atoms with Crippen molar-refractivity contribution in [1.82, 2.24) is 0 Å². The normalized spacial score (nSPS) is 12.0. The van der Waals surface area contributed by atoms with Crippen molar-refractivity contribution in [3.05, 3.63) is 0 Å². The predicted molar refractivity (Wildman–Crippen MR) is 41.8 cm³/mol. The molecule has 0 heterocycles. The van der Waals surface area contributed by atoms with Crippen molar-refractivity contribution in [3.63, 3.8) is 0 Å². The fraction of sp³-hybridized carbons (Fsp3) is 1.00. The van der Waals surface area contributed by atoms with Gasteiger partial charge >= 0.3 is 0 Å². The van der Waals surface area contributed by atoms with Gasteiger partial charge in [0, 0.05) is 11.2 Å². The summed E-state index contributed by atoms with van der Waals surface area (Å²) < 4.78 is 0. The maximum atomic E-state index is 8.76. The molecule has 0 unspecified atom stereocenters. The number of aliphatic hydroxyl groups excluding tert-OH is 3. The van der Waals surface area contributed by atoms with Crippen LogP contribution in [0, 0.1) is 5.41 Å². The zero-order valence-electron chi connectivity index (χ0n) is 6.08. The zero-order valence-corrected chi connectivity index (χ0v) is 6.89. The van der Waals surface area contributed by atoms with Crippen LogP contribution in [0.2, 0.25) is 0 Å². The quantitative estimate of drug-likeness (QED) is 0.489. The molecule has 0 aliphatic rings. The van der Waals surface area contributed by atoms with E-state index in [2.05, 4.69) is 0 Å². The number of rotatable bonds is 5. The van der Waals surface area contributed by atoms with Gasteiger partial charge in [0.2, 0.25) is 0 Å². The highest BCUT2D eigenvalue weighted by molar-refractivity contribution is 7.99.